The van der Waals surface area contributed by atoms with E-state index in [1.54, 1.807) is 18.2 Å². The number of carbonyl (C=O) groups excluding carboxylic acids is 1. The van der Waals surface area contributed by atoms with Crippen molar-refractivity contribution < 1.29 is 4.79 Å². The van der Waals surface area contributed by atoms with Crippen LogP contribution >= 0.6 is 11.6 Å². The van der Waals surface area contributed by atoms with Gasteiger partial charge in [-0.3, -0.25) is 9.89 Å². The van der Waals surface area contributed by atoms with Gasteiger partial charge in [-0.2, -0.15) is 5.10 Å². The Morgan fingerprint density at radius 2 is 2.14 bits per heavy atom. The maximum atomic E-state index is 12.3. The summed E-state index contributed by atoms with van der Waals surface area (Å²) in [6.07, 6.45) is 3.19. The predicted molar refractivity (Wildman–Crippen MR) is 86.7 cm³/mol. The third kappa shape index (κ3) is 3.15. The van der Waals surface area contributed by atoms with Gasteiger partial charge >= 0.3 is 0 Å². The average Bonchev–Trinajstić information content (AvgIpc) is 3.16. The van der Waals surface area contributed by atoms with Crippen LogP contribution in [0.2, 0.25) is 5.02 Å². The lowest BCUT2D eigenvalue weighted by Gasteiger charge is -2.18. The Bertz CT molecular complexity index is 652. The molecular formula is C16H19ClN4O. The van der Waals surface area contributed by atoms with E-state index in [1.807, 2.05) is 12.1 Å². The number of H-pyrrole nitrogens is 1. The number of aromatic amines is 1. The van der Waals surface area contributed by atoms with Gasteiger partial charge in [-0.15, -0.1) is 0 Å². The molecule has 6 heteroatoms. The quantitative estimate of drug-likeness (QED) is 0.810. The van der Waals surface area contributed by atoms with Gasteiger partial charge in [-0.05, 0) is 43.5 Å². The maximum absolute atomic E-state index is 12.3. The smallest absolute Gasteiger partial charge is 0.269 e. The minimum absolute atomic E-state index is 0.127. The van der Waals surface area contributed by atoms with Crippen LogP contribution in [-0.4, -0.2) is 28.7 Å². The first kappa shape index (κ1) is 15.1. The average molecular weight is 319 g/mol. The first-order valence-electron chi connectivity index (χ1n) is 7.49. The van der Waals surface area contributed by atoms with E-state index < -0.39 is 0 Å². The minimum Gasteiger partial charge on any atom is -0.348 e. The predicted octanol–water partition coefficient (Wildman–Crippen LogP) is 2.59. The SMILES string of the molecule is NCC1CCCC1NC(=O)c1cc(-c2ccc(Cl)cc2)n[nH]1. The molecule has 3 rings (SSSR count). The van der Waals surface area contributed by atoms with Crippen molar-refractivity contribution in [2.45, 2.75) is 25.3 Å². The van der Waals surface area contributed by atoms with E-state index in [1.165, 1.54) is 0 Å². The molecule has 5 nitrogen and oxygen atoms in total. The van der Waals surface area contributed by atoms with Crippen LogP contribution in [0.4, 0.5) is 0 Å². The minimum atomic E-state index is -0.127. The maximum Gasteiger partial charge on any atom is 0.269 e. The molecule has 0 saturated heterocycles. The third-order valence-electron chi connectivity index (χ3n) is 4.24. The van der Waals surface area contributed by atoms with Gasteiger partial charge in [0.15, 0.2) is 0 Å². The van der Waals surface area contributed by atoms with Crippen molar-refractivity contribution in [1.29, 1.82) is 0 Å². The first-order chi connectivity index (χ1) is 10.7. The molecule has 4 N–H and O–H groups in total. The van der Waals surface area contributed by atoms with Crippen molar-refractivity contribution in [3.63, 3.8) is 0 Å². The Hall–Kier alpha value is -1.85. The summed E-state index contributed by atoms with van der Waals surface area (Å²) in [5, 5.41) is 10.7. The Balaban J connectivity index is 1.70. The number of nitrogens with one attached hydrogen (secondary N) is 2. The van der Waals surface area contributed by atoms with Crippen molar-refractivity contribution in [3.8, 4) is 11.3 Å². The number of hydrogen-bond donors (Lipinski definition) is 3. The van der Waals surface area contributed by atoms with Crippen LogP contribution in [0.3, 0.4) is 0 Å². The van der Waals surface area contributed by atoms with Crippen LogP contribution in [0.5, 0.6) is 0 Å². The van der Waals surface area contributed by atoms with Crippen LogP contribution in [-0.2, 0) is 0 Å². The molecule has 0 aliphatic heterocycles. The Morgan fingerprint density at radius 1 is 1.36 bits per heavy atom. The van der Waals surface area contributed by atoms with E-state index in [-0.39, 0.29) is 11.9 Å². The van der Waals surface area contributed by atoms with Crippen LogP contribution in [0.1, 0.15) is 29.8 Å². The molecule has 1 aliphatic rings. The highest BCUT2D eigenvalue weighted by atomic mass is 35.5. The Labute approximate surface area is 134 Å². The monoisotopic (exact) mass is 318 g/mol. The molecule has 1 aromatic heterocycles. The summed E-state index contributed by atoms with van der Waals surface area (Å²) in [6.45, 7) is 0.615. The standard InChI is InChI=1S/C16H19ClN4O/c17-12-6-4-10(5-7-12)14-8-15(21-20-14)16(22)19-13-3-1-2-11(13)9-18/h4-8,11,13H,1-3,9,18H2,(H,19,22)(H,20,21). The number of halogens is 1. The topological polar surface area (TPSA) is 83.8 Å². The van der Waals surface area contributed by atoms with E-state index in [4.69, 9.17) is 17.3 Å². The molecular weight excluding hydrogens is 300 g/mol. The highest BCUT2D eigenvalue weighted by Gasteiger charge is 2.28. The summed E-state index contributed by atoms with van der Waals surface area (Å²) in [5.74, 6) is 0.251. The first-order valence-corrected chi connectivity index (χ1v) is 7.87. The molecule has 1 aromatic carbocycles. The number of hydrogen-bond acceptors (Lipinski definition) is 3. The van der Waals surface area contributed by atoms with Gasteiger partial charge in [0.2, 0.25) is 0 Å². The van der Waals surface area contributed by atoms with Gasteiger partial charge in [0.05, 0.1) is 5.69 Å². The number of nitrogens with two attached hydrogens (primary N) is 1. The van der Waals surface area contributed by atoms with Crippen molar-refractivity contribution in [2.24, 2.45) is 11.7 Å². The van der Waals surface area contributed by atoms with Crippen molar-refractivity contribution >= 4 is 17.5 Å². The Morgan fingerprint density at radius 3 is 2.86 bits per heavy atom. The molecule has 1 fully saturated rings. The van der Waals surface area contributed by atoms with Gasteiger partial charge in [0.1, 0.15) is 5.69 Å². The summed E-state index contributed by atoms with van der Waals surface area (Å²) in [7, 11) is 0. The number of aromatic nitrogens is 2. The lowest BCUT2D eigenvalue weighted by atomic mass is 10.0. The zero-order valence-corrected chi connectivity index (χ0v) is 12.9. The lowest BCUT2D eigenvalue weighted by molar-refractivity contribution is 0.0923. The summed E-state index contributed by atoms with van der Waals surface area (Å²) in [4.78, 5) is 12.3. The molecule has 1 saturated carbocycles. The van der Waals surface area contributed by atoms with E-state index in [9.17, 15) is 4.79 Å². The molecule has 116 valence electrons. The molecule has 2 atom stereocenters. The zero-order valence-electron chi connectivity index (χ0n) is 12.2. The summed E-state index contributed by atoms with van der Waals surface area (Å²) >= 11 is 5.87. The normalized spacial score (nSPS) is 21.0. The lowest BCUT2D eigenvalue weighted by Crippen LogP contribution is -2.40. The summed E-state index contributed by atoms with van der Waals surface area (Å²) < 4.78 is 0. The molecule has 0 radical (unpaired) electrons. The van der Waals surface area contributed by atoms with E-state index in [2.05, 4.69) is 15.5 Å². The van der Waals surface area contributed by atoms with Crippen molar-refractivity contribution in [2.75, 3.05) is 6.54 Å². The van der Waals surface area contributed by atoms with Gasteiger partial charge in [-0.25, -0.2) is 0 Å². The van der Waals surface area contributed by atoms with Crippen LogP contribution in [0.25, 0.3) is 11.3 Å². The number of carbonyl (C=O) groups is 1. The molecule has 0 spiro atoms. The third-order valence-corrected chi connectivity index (χ3v) is 4.49. The van der Waals surface area contributed by atoms with Crippen molar-refractivity contribution in [1.82, 2.24) is 15.5 Å². The number of amides is 1. The summed E-state index contributed by atoms with van der Waals surface area (Å²) in [5.41, 5.74) is 7.86. The zero-order chi connectivity index (χ0) is 15.5. The Kier molecular flexibility index (Phi) is 4.45. The highest BCUT2D eigenvalue weighted by Crippen LogP contribution is 2.25. The van der Waals surface area contributed by atoms with Gasteiger partial charge in [-0.1, -0.05) is 30.2 Å². The summed E-state index contributed by atoms with van der Waals surface area (Å²) in [6, 6.07) is 9.28. The van der Waals surface area contributed by atoms with Crippen molar-refractivity contribution in [3.05, 3.63) is 41.0 Å². The van der Waals surface area contributed by atoms with Crippen LogP contribution in [0.15, 0.2) is 30.3 Å². The van der Waals surface area contributed by atoms with E-state index >= 15 is 0 Å². The largest absolute Gasteiger partial charge is 0.348 e. The van der Waals surface area contributed by atoms with Gasteiger partial charge < -0.3 is 11.1 Å². The molecule has 1 aliphatic carbocycles. The molecule has 2 aromatic rings. The number of rotatable bonds is 4. The fourth-order valence-corrected chi connectivity index (χ4v) is 3.09. The second-order valence-electron chi connectivity index (χ2n) is 5.68. The van der Waals surface area contributed by atoms with Crippen LogP contribution in [0, 0.1) is 5.92 Å². The van der Waals surface area contributed by atoms with E-state index in [0.717, 1.165) is 30.5 Å². The number of benzene rings is 1. The van der Waals surface area contributed by atoms with Gasteiger partial charge in [0.25, 0.3) is 5.91 Å². The second kappa shape index (κ2) is 6.50. The van der Waals surface area contributed by atoms with Crippen LogP contribution < -0.4 is 11.1 Å². The molecule has 0 bridgehead atoms. The fraction of sp³-hybridized carbons (Fsp3) is 0.375. The molecule has 22 heavy (non-hydrogen) atoms. The fourth-order valence-electron chi connectivity index (χ4n) is 2.96. The number of nitrogens with zero attached hydrogens (tertiary/aromatic N) is 1. The molecule has 1 amide bonds. The molecule has 1 heterocycles. The highest BCUT2D eigenvalue weighted by molar-refractivity contribution is 6.30. The van der Waals surface area contributed by atoms with Gasteiger partial charge in [0, 0.05) is 16.6 Å². The molecule has 2 unspecified atom stereocenters. The second-order valence-corrected chi connectivity index (χ2v) is 6.12. The van der Waals surface area contributed by atoms with E-state index in [0.29, 0.717) is 23.2 Å².